The zero-order chi connectivity index (χ0) is 25.9. The van der Waals surface area contributed by atoms with E-state index in [1.165, 1.54) is 24.9 Å². The number of halogens is 1. The summed E-state index contributed by atoms with van der Waals surface area (Å²) in [6, 6.07) is 20.7. The third-order valence-electron chi connectivity index (χ3n) is 5.51. The van der Waals surface area contributed by atoms with Gasteiger partial charge in [-0.1, -0.05) is 17.7 Å². The van der Waals surface area contributed by atoms with Gasteiger partial charge in [0, 0.05) is 39.7 Å². The number of ether oxygens (including phenoxy) is 1. The third-order valence-corrected chi connectivity index (χ3v) is 7.72. The largest absolute Gasteiger partial charge is 0.497 e. The van der Waals surface area contributed by atoms with Crippen LogP contribution in [0.1, 0.15) is 10.4 Å². The summed E-state index contributed by atoms with van der Waals surface area (Å²) in [6.07, 6.45) is 4.72. The van der Waals surface area contributed by atoms with E-state index in [-0.39, 0.29) is 4.90 Å². The van der Waals surface area contributed by atoms with Crippen molar-refractivity contribution in [2.24, 2.45) is 0 Å². The van der Waals surface area contributed by atoms with Crippen molar-refractivity contribution in [3.8, 4) is 28.1 Å². The molecule has 4 aromatic rings. The highest BCUT2D eigenvalue weighted by Crippen LogP contribution is 2.36. The molecule has 0 fully saturated rings. The molecule has 0 atom stereocenters. The Hall–Kier alpha value is -3.33. The Morgan fingerprint density at radius 2 is 1.78 bits per heavy atom. The Bertz CT molecular complexity index is 1540. The summed E-state index contributed by atoms with van der Waals surface area (Å²) in [5.74, 6) is 0.0882. The quantitative estimate of drug-likeness (QED) is 0.272. The molecule has 0 spiro atoms. The van der Waals surface area contributed by atoms with Gasteiger partial charge >= 0.3 is 0 Å². The van der Waals surface area contributed by atoms with Crippen LogP contribution in [0.4, 0.5) is 5.69 Å². The molecule has 0 aliphatic carbocycles. The molecule has 0 unspecified atom stereocenters. The van der Waals surface area contributed by atoms with E-state index in [0.29, 0.717) is 44.4 Å². The van der Waals surface area contributed by atoms with Gasteiger partial charge in [0.05, 0.1) is 22.7 Å². The summed E-state index contributed by atoms with van der Waals surface area (Å²) in [7, 11) is -2.08. The molecule has 36 heavy (non-hydrogen) atoms. The molecule has 0 saturated carbocycles. The van der Waals surface area contributed by atoms with Gasteiger partial charge in [0.1, 0.15) is 5.75 Å². The SMILES string of the molecule is COc1ccc(S(C)(=O)=O)c(-c2cc(SC)ccc2C(=O)Nc2ccc(Cl)c(-c3ccccn3)c2)c1. The monoisotopic (exact) mass is 538 g/mol. The smallest absolute Gasteiger partial charge is 0.256 e. The molecule has 1 N–H and O–H groups in total. The van der Waals surface area contributed by atoms with E-state index in [9.17, 15) is 13.2 Å². The van der Waals surface area contributed by atoms with Gasteiger partial charge in [-0.15, -0.1) is 11.8 Å². The lowest BCUT2D eigenvalue weighted by Gasteiger charge is -2.16. The summed E-state index contributed by atoms with van der Waals surface area (Å²) >= 11 is 7.88. The van der Waals surface area contributed by atoms with E-state index in [0.717, 1.165) is 11.2 Å². The average molecular weight is 539 g/mol. The molecule has 1 amide bonds. The van der Waals surface area contributed by atoms with E-state index < -0.39 is 15.7 Å². The van der Waals surface area contributed by atoms with Crippen LogP contribution >= 0.6 is 23.4 Å². The predicted octanol–water partition coefficient (Wildman–Crippen LogP) is 6.46. The standard InChI is InChI=1S/C27H23ClN2O4S2/c1-34-18-8-12-26(36(3,32)33)22(15-18)21-16-19(35-2)9-10-20(21)27(31)30-17-7-11-24(28)23(14-17)25-6-4-5-13-29-25/h4-16H,1-3H3,(H,30,31). The summed E-state index contributed by atoms with van der Waals surface area (Å²) in [4.78, 5) is 18.8. The van der Waals surface area contributed by atoms with Crippen LogP contribution in [0, 0.1) is 0 Å². The number of sulfone groups is 1. The lowest BCUT2D eigenvalue weighted by Crippen LogP contribution is -2.14. The van der Waals surface area contributed by atoms with Gasteiger partial charge in [0.15, 0.2) is 9.84 Å². The number of amides is 1. The summed E-state index contributed by atoms with van der Waals surface area (Å²) in [6.45, 7) is 0. The lowest BCUT2D eigenvalue weighted by molar-refractivity contribution is 0.102. The molecule has 0 aliphatic rings. The number of aromatic nitrogens is 1. The van der Waals surface area contributed by atoms with Gasteiger partial charge in [0.2, 0.25) is 0 Å². The minimum atomic E-state index is -3.58. The Labute approximate surface area is 219 Å². The second kappa shape index (κ2) is 10.7. The van der Waals surface area contributed by atoms with Gasteiger partial charge in [-0.05, 0) is 78.5 Å². The molecule has 4 rings (SSSR count). The van der Waals surface area contributed by atoms with Crippen LogP contribution in [0.3, 0.4) is 0 Å². The van der Waals surface area contributed by atoms with Crippen molar-refractivity contribution in [3.05, 3.63) is 89.6 Å². The first-order chi connectivity index (χ1) is 17.2. The highest BCUT2D eigenvalue weighted by Gasteiger charge is 2.21. The number of hydrogen-bond acceptors (Lipinski definition) is 6. The second-order valence-electron chi connectivity index (χ2n) is 7.91. The first kappa shape index (κ1) is 25.8. The van der Waals surface area contributed by atoms with Crippen LogP contribution in [0.5, 0.6) is 5.75 Å². The van der Waals surface area contributed by atoms with Crippen LogP contribution in [0.2, 0.25) is 5.02 Å². The van der Waals surface area contributed by atoms with Crippen LogP contribution < -0.4 is 10.1 Å². The Morgan fingerprint density at radius 1 is 0.972 bits per heavy atom. The van der Waals surface area contributed by atoms with Crippen molar-refractivity contribution in [2.45, 2.75) is 9.79 Å². The van der Waals surface area contributed by atoms with Gasteiger partial charge < -0.3 is 10.1 Å². The average Bonchev–Trinajstić information content (AvgIpc) is 2.89. The van der Waals surface area contributed by atoms with Crippen LogP contribution in [-0.4, -0.2) is 38.9 Å². The molecule has 1 aromatic heterocycles. The first-order valence-corrected chi connectivity index (χ1v) is 14.3. The van der Waals surface area contributed by atoms with E-state index in [1.807, 2.05) is 36.6 Å². The van der Waals surface area contributed by atoms with Crippen LogP contribution in [0.15, 0.2) is 88.8 Å². The molecular formula is C27H23ClN2O4S2. The summed E-state index contributed by atoms with van der Waals surface area (Å²) in [5.41, 5.74) is 3.08. The van der Waals surface area contributed by atoms with Crippen molar-refractivity contribution in [1.29, 1.82) is 0 Å². The predicted molar refractivity (Wildman–Crippen MR) is 146 cm³/mol. The van der Waals surface area contributed by atoms with Gasteiger partial charge in [-0.3, -0.25) is 9.78 Å². The number of carbonyl (C=O) groups is 1. The van der Waals surface area contributed by atoms with E-state index in [4.69, 9.17) is 16.3 Å². The summed E-state index contributed by atoms with van der Waals surface area (Å²) in [5, 5.41) is 3.42. The summed E-state index contributed by atoms with van der Waals surface area (Å²) < 4.78 is 30.5. The fourth-order valence-corrected chi connectivity index (χ4v) is 5.30. The zero-order valence-electron chi connectivity index (χ0n) is 19.8. The Balaban J connectivity index is 1.80. The minimum absolute atomic E-state index is 0.111. The number of rotatable bonds is 7. The lowest BCUT2D eigenvalue weighted by atomic mass is 9.98. The van der Waals surface area contributed by atoms with Crippen molar-refractivity contribution >= 4 is 44.8 Å². The number of nitrogens with zero attached hydrogens (tertiary/aromatic N) is 1. The van der Waals surface area contributed by atoms with Crippen LogP contribution in [0.25, 0.3) is 22.4 Å². The van der Waals surface area contributed by atoms with E-state index in [2.05, 4.69) is 10.3 Å². The van der Waals surface area contributed by atoms with Crippen molar-refractivity contribution in [1.82, 2.24) is 4.98 Å². The molecule has 6 nitrogen and oxygen atoms in total. The zero-order valence-corrected chi connectivity index (χ0v) is 22.2. The van der Waals surface area contributed by atoms with E-state index >= 15 is 0 Å². The highest BCUT2D eigenvalue weighted by molar-refractivity contribution is 7.98. The molecule has 0 saturated heterocycles. The van der Waals surface area contributed by atoms with Crippen molar-refractivity contribution in [3.63, 3.8) is 0 Å². The van der Waals surface area contributed by atoms with Gasteiger partial charge in [-0.2, -0.15) is 0 Å². The van der Waals surface area contributed by atoms with E-state index in [1.54, 1.807) is 42.6 Å². The number of anilines is 1. The fraction of sp³-hybridized carbons (Fsp3) is 0.111. The maximum Gasteiger partial charge on any atom is 0.256 e. The molecule has 0 radical (unpaired) electrons. The third kappa shape index (κ3) is 5.56. The van der Waals surface area contributed by atoms with Gasteiger partial charge in [0.25, 0.3) is 5.91 Å². The highest BCUT2D eigenvalue weighted by atomic mass is 35.5. The maximum absolute atomic E-state index is 13.5. The number of methoxy groups -OCH3 is 1. The van der Waals surface area contributed by atoms with Gasteiger partial charge in [-0.25, -0.2) is 8.42 Å². The Morgan fingerprint density at radius 3 is 2.44 bits per heavy atom. The molecule has 0 aliphatic heterocycles. The number of pyridine rings is 1. The molecule has 184 valence electrons. The number of nitrogens with one attached hydrogen (secondary N) is 1. The number of carbonyl (C=O) groups excluding carboxylic acids is 1. The number of benzene rings is 3. The fourth-order valence-electron chi connectivity index (χ4n) is 3.76. The molecule has 1 heterocycles. The maximum atomic E-state index is 13.5. The Kier molecular flexibility index (Phi) is 7.68. The second-order valence-corrected chi connectivity index (χ2v) is 11.2. The topological polar surface area (TPSA) is 85.4 Å². The molecule has 3 aromatic carbocycles. The van der Waals surface area contributed by atoms with Crippen molar-refractivity contribution in [2.75, 3.05) is 24.9 Å². The van der Waals surface area contributed by atoms with Crippen LogP contribution in [-0.2, 0) is 9.84 Å². The number of thioether (sulfide) groups is 1. The van der Waals surface area contributed by atoms with Crippen molar-refractivity contribution < 1.29 is 17.9 Å². The molecule has 0 bridgehead atoms. The molecular weight excluding hydrogens is 516 g/mol. The normalized spacial score (nSPS) is 11.2. The molecule has 9 heteroatoms. The minimum Gasteiger partial charge on any atom is -0.497 e. The first-order valence-electron chi connectivity index (χ1n) is 10.8. The number of hydrogen-bond donors (Lipinski definition) is 1.